The average molecular weight is 395 g/mol. The minimum atomic E-state index is -1.41. The van der Waals surface area contributed by atoms with Gasteiger partial charge in [0.1, 0.15) is 11.5 Å². The molecule has 0 amide bonds. The normalized spacial score (nSPS) is 36.1. The van der Waals surface area contributed by atoms with Gasteiger partial charge in [-0.15, -0.1) is 0 Å². The number of benzene rings is 1. The fourth-order valence-corrected chi connectivity index (χ4v) is 5.98. The molecule has 5 atom stereocenters. The van der Waals surface area contributed by atoms with Crippen molar-refractivity contribution in [2.24, 2.45) is 38.9 Å². The smallest absolute Gasteiger partial charge is 0.184 e. The summed E-state index contributed by atoms with van der Waals surface area (Å²) in [7, 11) is 0. The fraction of sp³-hybridized carbons (Fsp3) is 0.625. The Balaban J connectivity index is 1.92. The molecule has 1 aromatic rings. The summed E-state index contributed by atoms with van der Waals surface area (Å²) in [5, 5.41) is 9.48. The molecule has 3 aliphatic rings. The minimum Gasteiger partial charge on any atom is -0.382 e. The third kappa shape index (κ3) is 2.99. The molecule has 1 saturated carbocycles. The molecular weight excluding hydrogens is 363 g/mol. The predicted molar refractivity (Wildman–Crippen MR) is 115 cm³/mol. The highest BCUT2D eigenvalue weighted by molar-refractivity contribution is 6.42. The highest BCUT2D eigenvalue weighted by Crippen LogP contribution is 2.64. The van der Waals surface area contributed by atoms with Crippen LogP contribution in [-0.2, 0) is 12.1 Å². The number of hydrogen-bond acceptors (Lipinski definition) is 4. The van der Waals surface area contributed by atoms with Gasteiger partial charge in [-0.25, -0.2) is 9.38 Å². The van der Waals surface area contributed by atoms with Crippen molar-refractivity contribution in [3.05, 3.63) is 34.9 Å². The molecule has 0 saturated heterocycles. The van der Waals surface area contributed by atoms with E-state index < -0.39 is 11.3 Å². The molecular formula is C24H31FN4. The second kappa shape index (κ2) is 6.39. The number of alkyl halides is 1. The van der Waals surface area contributed by atoms with Crippen molar-refractivity contribution in [2.75, 3.05) is 0 Å². The molecule has 1 aromatic carbocycles. The first-order valence-corrected chi connectivity index (χ1v) is 10.7. The fourth-order valence-electron chi connectivity index (χ4n) is 5.98. The summed E-state index contributed by atoms with van der Waals surface area (Å²) in [4.78, 5) is 10.1. The van der Waals surface area contributed by atoms with Gasteiger partial charge in [-0.2, -0.15) is 5.26 Å². The van der Waals surface area contributed by atoms with Gasteiger partial charge in [0, 0.05) is 17.4 Å². The molecule has 2 spiro atoms. The highest BCUT2D eigenvalue weighted by Gasteiger charge is 2.62. The molecule has 0 bridgehead atoms. The van der Waals surface area contributed by atoms with E-state index in [1.807, 2.05) is 12.1 Å². The molecule has 2 aliphatic carbocycles. The van der Waals surface area contributed by atoms with Gasteiger partial charge in [0.25, 0.3) is 0 Å². The first kappa shape index (κ1) is 20.1. The van der Waals surface area contributed by atoms with Crippen LogP contribution in [0.5, 0.6) is 0 Å². The van der Waals surface area contributed by atoms with E-state index in [2.05, 4.69) is 32.9 Å². The summed E-state index contributed by atoms with van der Waals surface area (Å²) >= 11 is 0. The van der Waals surface area contributed by atoms with Crippen molar-refractivity contribution in [1.82, 2.24) is 0 Å². The SMILES string of the molecule is CC1[C@H](C)CC2(Cc3ccc(C#N)cc3[C@]23N=C(N)C(CC(C)(C)F)=N3)C[C@@H]1C. The Morgan fingerprint density at radius 3 is 2.45 bits per heavy atom. The summed E-state index contributed by atoms with van der Waals surface area (Å²) in [5.41, 5.74) is 7.27. The molecule has 2 unspecified atom stereocenters. The van der Waals surface area contributed by atoms with E-state index in [9.17, 15) is 9.65 Å². The number of fused-ring (bicyclic) bond motifs is 3. The maximum absolute atomic E-state index is 14.5. The second-order valence-electron chi connectivity index (χ2n) is 10.3. The molecule has 0 radical (unpaired) electrons. The lowest BCUT2D eigenvalue weighted by Gasteiger charge is -2.49. The maximum atomic E-state index is 14.5. The summed E-state index contributed by atoms with van der Waals surface area (Å²) in [6.45, 7) is 10.1. The van der Waals surface area contributed by atoms with Crippen molar-refractivity contribution in [2.45, 2.75) is 71.6 Å². The van der Waals surface area contributed by atoms with Crippen molar-refractivity contribution in [3.8, 4) is 6.07 Å². The first-order valence-electron chi connectivity index (χ1n) is 10.7. The Bertz CT molecular complexity index is 937. The van der Waals surface area contributed by atoms with E-state index in [1.54, 1.807) is 13.8 Å². The van der Waals surface area contributed by atoms with Crippen molar-refractivity contribution in [3.63, 3.8) is 0 Å². The summed E-state index contributed by atoms with van der Waals surface area (Å²) in [6.07, 6.45) is 3.03. The van der Waals surface area contributed by atoms with Crippen LogP contribution in [-0.4, -0.2) is 17.2 Å². The number of halogens is 1. The third-order valence-electron chi connectivity index (χ3n) is 7.57. The van der Waals surface area contributed by atoms with Gasteiger partial charge in [-0.1, -0.05) is 26.8 Å². The van der Waals surface area contributed by atoms with E-state index in [-0.39, 0.29) is 11.8 Å². The maximum Gasteiger partial charge on any atom is 0.184 e. The molecule has 2 N–H and O–H groups in total. The van der Waals surface area contributed by atoms with Crippen LogP contribution in [0.1, 0.15) is 70.6 Å². The van der Waals surface area contributed by atoms with Gasteiger partial charge >= 0.3 is 0 Å². The van der Waals surface area contributed by atoms with Crippen LogP contribution >= 0.6 is 0 Å². The molecule has 4 rings (SSSR count). The van der Waals surface area contributed by atoms with E-state index in [0.29, 0.717) is 34.9 Å². The van der Waals surface area contributed by atoms with E-state index in [0.717, 1.165) is 24.8 Å². The van der Waals surface area contributed by atoms with Crippen LogP contribution in [0.2, 0.25) is 0 Å². The van der Waals surface area contributed by atoms with E-state index >= 15 is 0 Å². The van der Waals surface area contributed by atoms with Crippen LogP contribution in [0.25, 0.3) is 0 Å². The van der Waals surface area contributed by atoms with E-state index in [1.165, 1.54) is 5.56 Å². The largest absolute Gasteiger partial charge is 0.382 e. The van der Waals surface area contributed by atoms with Gasteiger partial charge in [-0.05, 0) is 68.6 Å². The second-order valence-corrected chi connectivity index (χ2v) is 10.3. The lowest BCUT2D eigenvalue weighted by Crippen LogP contribution is -2.47. The van der Waals surface area contributed by atoms with Gasteiger partial charge in [0.15, 0.2) is 5.66 Å². The lowest BCUT2D eigenvalue weighted by molar-refractivity contribution is 0.00543. The molecule has 4 nitrogen and oxygen atoms in total. The topological polar surface area (TPSA) is 74.5 Å². The van der Waals surface area contributed by atoms with Crippen molar-refractivity contribution < 1.29 is 4.39 Å². The number of rotatable bonds is 2. The van der Waals surface area contributed by atoms with Crippen molar-refractivity contribution in [1.29, 1.82) is 5.26 Å². The van der Waals surface area contributed by atoms with Crippen LogP contribution in [0.3, 0.4) is 0 Å². The van der Waals surface area contributed by atoms with Gasteiger partial charge < -0.3 is 5.73 Å². The van der Waals surface area contributed by atoms with Crippen LogP contribution in [0, 0.1) is 34.5 Å². The summed E-state index contributed by atoms with van der Waals surface area (Å²) < 4.78 is 14.5. The quantitative estimate of drug-likeness (QED) is 0.774. The number of nitrogens with two attached hydrogens (primary N) is 1. The van der Waals surface area contributed by atoms with E-state index in [4.69, 9.17) is 15.7 Å². The third-order valence-corrected chi connectivity index (χ3v) is 7.57. The lowest BCUT2D eigenvalue weighted by atomic mass is 9.57. The summed E-state index contributed by atoms with van der Waals surface area (Å²) in [6, 6.07) is 8.11. The molecule has 1 aliphatic heterocycles. The number of nitriles is 1. The van der Waals surface area contributed by atoms with Crippen LogP contribution in [0.15, 0.2) is 28.2 Å². The molecule has 0 aromatic heterocycles. The Labute approximate surface area is 173 Å². The van der Waals surface area contributed by atoms with Crippen LogP contribution in [0.4, 0.5) is 4.39 Å². The standard InChI is InChI=1S/C24H31FN4/c1-14-9-23(10-15(2)16(14)3)11-18-7-6-17(13-26)8-19(18)24(23)28-20(21(27)29-24)12-22(4,5)25/h6-8,14-16H,9-12H2,1-5H3,(H2,27,29)/t14-,15+,16?,23?,24-/m0/s1. The molecule has 5 heteroatoms. The number of hydrogen-bond donors (Lipinski definition) is 1. The zero-order valence-electron chi connectivity index (χ0n) is 18.1. The number of aliphatic imine (C=N–C) groups is 2. The molecule has 1 heterocycles. The molecule has 29 heavy (non-hydrogen) atoms. The number of nitrogens with zero attached hydrogens (tertiary/aromatic N) is 3. The zero-order valence-corrected chi connectivity index (χ0v) is 18.1. The van der Waals surface area contributed by atoms with Gasteiger partial charge in [-0.3, -0.25) is 4.99 Å². The van der Waals surface area contributed by atoms with Crippen molar-refractivity contribution >= 4 is 11.5 Å². The minimum absolute atomic E-state index is 0.148. The Kier molecular flexibility index (Phi) is 4.42. The molecule has 154 valence electrons. The van der Waals surface area contributed by atoms with Gasteiger partial charge in [0.2, 0.25) is 0 Å². The average Bonchev–Trinajstić information content (AvgIpc) is 3.07. The number of amidine groups is 1. The van der Waals surface area contributed by atoms with Gasteiger partial charge in [0.05, 0.1) is 17.3 Å². The Morgan fingerprint density at radius 2 is 1.86 bits per heavy atom. The zero-order chi connectivity index (χ0) is 21.2. The first-order chi connectivity index (χ1) is 13.5. The van der Waals surface area contributed by atoms with Crippen LogP contribution < -0.4 is 5.73 Å². The Morgan fingerprint density at radius 1 is 1.21 bits per heavy atom. The monoisotopic (exact) mass is 394 g/mol. The predicted octanol–water partition coefficient (Wildman–Crippen LogP) is 4.91. The highest BCUT2D eigenvalue weighted by atomic mass is 19.1. The Hall–Kier alpha value is -2.22. The summed E-state index contributed by atoms with van der Waals surface area (Å²) in [5.74, 6) is 2.05. The molecule has 1 fully saturated rings.